The Labute approximate surface area is 90.7 Å². The number of aliphatic hydroxyl groups excluding tert-OH is 3. The van der Waals surface area contributed by atoms with E-state index < -0.39 is 0 Å². The van der Waals surface area contributed by atoms with Gasteiger partial charge in [-0.05, 0) is 26.2 Å². The second-order valence-corrected chi connectivity index (χ2v) is 2.79. The summed E-state index contributed by atoms with van der Waals surface area (Å²) in [5, 5.41) is 24.4. The number of carbonyl (C=O) groups excluding carboxylic acids is 1. The molecule has 0 aliphatic rings. The first-order valence-electron chi connectivity index (χ1n) is 5.21. The molecule has 0 spiro atoms. The van der Waals surface area contributed by atoms with Crippen LogP contribution in [0.1, 0.15) is 32.6 Å². The molecule has 0 saturated carbocycles. The fraction of sp³-hybridized carbons (Fsp3) is 0.900. The number of aliphatic hydroxyl groups is 3. The van der Waals surface area contributed by atoms with Gasteiger partial charge in [0, 0.05) is 26.2 Å². The first-order valence-corrected chi connectivity index (χ1v) is 5.21. The molecule has 5 nitrogen and oxygen atoms in total. The maximum atomic E-state index is 10.5. The predicted molar refractivity (Wildman–Crippen MR) is 56.4 cm³/mol. The fourth-order valence-electron chi connectivity index (χ4n) is 0.680. The molecule has 0 amide bonds. The molecule has 0 unspecified atom stereocenters. The van der Waals surface area contributed by atoms with Gasteiger partial charge in [-0.3, -0.25) is 4.79 Å². The van der Waals surface area contributed by atoms with E-state index in [-0.39, 0.29) is 25.8 Å². The molecule has 5 heteroatoms. The monoisotopic (exact) mass is 222 g/mol. The van der Waals surface area contributed by atoms with E-state index in [1.54, 1.807) is 6.92 Å². The lowest BCUT2D eigenvalue weighted by Gasteiger charge is -1.97. The van der Waals surface area contributed by atoms with Gasteiger partial charge in [-0.25, -0.2) is 0 Å². The van der Waals surface area contributed by atoms with E-state index in [0.29, 0.717) is 19.4 Å². The van der Waals surface area contributed by atoms with Crippen LogP contribution in [0.4, 0.5) is 0 Å². The van der Waals surface area contributed by atoms with Crippen molar-refractivity contribution in [1.29, 1.82) is 0 Å². The number of rotatable bonds is 7. The molecule has 0 radical (unpaired) electrons. The lowest BCUT2D eigenvalue weighted by Crippen LogP contribution is -2.03. The molecule has 0 rings (SSSR count). The lowest BCUT2D eigenvalue weighted by atomic mass is 10.3. The Morgan fingerprint density at radius 2 is 1.47 bits per heavy atom. The number of esters is 1. The summed E-state index contributed by atoms with van der Waals surface area (Å²) < 4.78 is 4.59. The normalized spacial score (nSPS) is 9.07. The Kier molecular flexibility index (Phi) is 17.7. The van der Waals surface area contributed by atoms with Crippen molar-refractivity contribution in [2.24, 2.45) is 0 Å². The minimum absolute atomic E-state index is 0.0544. The van der Waals surface area contributed by atoms with E-state index in [2.05, 4.69) is 4.74 Å². The van der Waals surface area contributed by atoms with Crippen molar-refractivity contribution < 1.29 is 24.9 Å². The largest absolute Gasteiger partial charge is 0.466 e. The Bertz CT molecular complexity index is 123. The van der Waals surface area contributed by atoms with Gasteiger partial charge in [0.1, 0.15) is 0 Å². The van der Waals surface area contributed by atoms with Crippen LogP contribution in [-0.2, 0) is 9.53 Å². The zero-order chi connectivity index (χ0) is 11.9. The van der Waals surface area contributed by atoms with E-state index in [9.17, 15) is 4.79 Å². The Balaban J connectivity index is 0. The first kappa shape index (κ1) is 16.8. The van der Waals surface area contributed by atoms with Gasteiger partial charge in [0.25, 0.3) is 0 Å². The van der Waals surface area contributed by atoms with Crippen LogP contribution in [0.3, 0.4) is 0 Å². The van der Waals surface area contributed by atoms with Crippen molar-refractivity contribution in [3.63, 3.8) is 0 Å². The highest BCUT2D eigenvalue weighted by Crippen LogP contribution is 1.90. The Morgan fingerprint density at radius 1 is 1.00 bits per heavy atom. The molecule has 0 atom stereocenters. The zero-order valence-corrected chi connectivity index (χ0v) is 9.31. The highest BCUT2D eigenvalue weighted by atomic mass is 16.5. The summed E-state index contributed by atoms with van der Waals surface area (Å²) in [6, 6.07) is 0. The van der Waals surface area contributed by atoms with Crippen molar-refractivity contribution >= 4 is 5.97 Å². The van der Waals surface area contributed by atoms with Crippen LogP contribution in [0, 0.1) is 0 Å². The molecular weight excluding hydrogens is 200 g/mol. The van der Waals surface area contributed by atoms with E-state index in [1.807, 2.05) is 0 Å². The molecular formula is C10H22O5. The summed E-state index contributed by atoms with van der Waals surface area (Å²) in [4.78, 5) is 10.5. The highest BCUT2D eigenvalue weighted by Gasteiger charge is 1.97. The molecule has 0 heterocycles. The molecule has 0 aliphatic carbocycles. The molecule has 0 saturated heterocycles. The van der Waals surface area contributed by atoms with Crippen molar-refractivity contribution in [1.82, 2.24) is 0 Å². The number of hydrogen-bond donors (Lipinski definition) is 3. The second kappa shape index (κ2) is 15.8. The van der Waals surface area contributed by atoms with Gasteiger partial charge in [0.2, 0.25) is 0 Å². The Morgan fingerprint density at radius 3 is 1.80 bits per heavy atom. The molecule has 0 bridgehead atoms. The van der Waals surface area contributed by atoms with Gasteiger partial charge in [-0.2, -0.15) is 0 Å². The molecule has 0 aromatic rings. The van der Waals surface area contributed by atoms with Crippen LogP contribution in [-0.4, -0.2) is 47.7 Å². The average Bonchev–Trinajstić information content (AvgIpc) is 2.25. The maximum absolute atomic E-state index is 10.5. The first-order chi connectivity index (χ1) is 7.22. The van der Waals surface area contributed by atoms with Gasteiger partial charge in [0.15, 0.2) is 0 Å². The average molecular weight is 222 g/mol. The van der Waals surface area contributed by atoms with E-state index in [4.69, 9.17) is 15.3 Å². The summed E-state index contributed by atoms with van der Waals surface area (Å²) >= 11 is 0. The zero-order valence-electron chi connectivity index (χ0n) is 9.31. The third-order valence-corrected chi connectivity index (χ3v) is 1.41. The summed E-state index contributed by atoms with van der Waals surface area (Å²) in [5.41, 5.74) is 0. The van der Waals surface area contributed by atoms with Gasteiger partial charge in [-0.1, -0.05) is 0 Å². The van der Waals surface area contributed by atoms with Gasteiger partial charge < -0.3 is 20.1 Å². The number of unbranched alkanes of at least 4 members (excludes halogenated alkanes) is 1. The van der Waals surface area contributed by atoms with Crippen LogP contribution in [0.25, 0.3) is 0 Å². The molecule has 0 aliphatic heterocycles. The third-order valence-electron chi connectivity index (χ3n) is 1.41. The maximum Gasteiger partial charge on any atom is 0.305 e. The smallest absolute Gasteiger partial charge is 0.305 e. The standard InChI is InChI=1S/C6H12O3.C4H10O2/c1-2-9-6(8)4-3-5-7;5-3-1-2-4-6/h7H,2-5H2,1H3;5-6H,1-4H2. The SMILES string of the molecule is CCOC(=O)CCCO.OCCCCO. The van der Waals surface area contributed by atoms with Crippen LogP contribution in [0.15, 0.2) is 0 Å². The molecule has 0 aromatic carbocycles. The summed E-state index contributed by atoms with van der Waals surface area (Å²) in [6.45, 7) is 2.63. The minimum atomic E-state index is -0.230. The van der Waals surface area contributed by atoms with Gasteiger partial charge in [-0.15, -0.1) is 0 Å². The van der Waals surface area contributed by atoms with Crippen molar-refractivity contribution in [3.8, 4) is 0 Å². The highest BCUT2D eigenvalue weighted by molar-refractivity contribution is 5.69. The minimum Gasteiger partial charge on any atom is -0.466 e. The van der Waals surface area contributed by atoms with Gasteiger partial charge in [0.05, 0.1) is 6.61 Å². The second-order valence-electron chi connectivity index (χ2n) is 2.79. The van der Waals surface area contributed by atoms with Crippen LogP contribution in [0.2, 0.25) is 0 Å². The number of ether oxygens (including phenoxy) is 1. The van der Waals surface area contributed by atoms with Crippen LogP contribution < -0.4 is 0 Å². The third kappa shape index (κ3) is 19.7. The molecule has 0 aromatic heterocycles. The lowest BCUT2D eigenvalue weighted by molar-refractivity contribution is -0.143. The molecule has 15 heavy (non-hydrogen) atoms. The number of hydrogen-bond acceptors (Lipinski definition) is 5. The summed E-state index contributed by atoms with van der Waals surface area (Å²) in [7, 11) is 0. The van der Waals surface area contributed by atoms with Crippen molar-refractivity contribution in [3.05, 3.63) is 0 Å². The van der Waals surface area contributed by atoms with Crippen LogP contribution >= 0.6 is 0 Å². The van der Waals surface area contributed by atoms with E-state index in [0.717, 1.165) is 12.8 Å². The van der Waals surface area contributed by atoms with E-state index >= 15 is 0 Å². The van der Waals surface area contributed by atoms with Crippen molar-refractivity contribution in [2.45, 2.75) is 32.6 Å². The topological polar surface area (TPSA) is 87.0 Å². The molecule has 92 valence electrons. The summed E-state index contributed by atoms with van der Waals surface area (Å²) in [6.07, 6.45) is 2.26. The summed E-state index contributed by atoms with van der Waals surface area (Å²) in [5.74, 6) is -0.230. The quantitative estimate of drug-likeness (QED) is 0.419. The van der Waals surface area contributed by atoms with Crippen LogP contribution in [0.5, 0.6) is 0 Å². The predicted octanol–water partition coefficient (Wildman–Crippen LogP) is 0.0732. The Hall–Kier alpha value is -0.650. The molecule has 0 fully saturated rings. The van der Waals surface area contributed by atoms with Crippen molar-refractivity contribution in [2.75, 3.05) is 26.4 Å². The number of carbonyl (C=O) groups is 1. The van der Waals surface area contributed by atoms with E-state index in [1.165, 1.54) is 0 Å². The van der Waals surface area contributed by atoms with Gasteiger partial charge >= 0.3 is 5.97 Å². The molecule has 3 N–H and O–H groups in total. The fourth-order valence-corrected chi connectivity index (χ4v) is 0.680.